The predicted octanol–water partition coefficient (Wildman–Crippen LogP) is 1.76. The van der Waals surface area contributed by atoms with Crippen LogP contribution in [-0.4, -0.2) is 68.6 Å². The van der Waals surface area contributed by atoms with Crippen LogP contribution in [0.3, 0.4) is 0 Å². The van der Waals surface area contributed by atoms with Crippen molar-refractivity contribution in [1.82, 2.24) is 15.1 Å². The van der Waals surface area contributed by atoms with Crippen LogP contribution >= 0.6 is 0 Å². The van der Waals surface area contributed by atoms with E-state index in [0.29, 0.717) is 44.0 Å². The quantitative estimate of drug-likeness (QED) is 0.695. The van der Waals surface area contributed by atoms with Crippen LogP contribution in [0, 0.1) is 5.92 Å². The zero-order valence-electron chi connectivity index (χ0n) is 17.8. The molecule has 2 saturated heterocycles. The third-order valence-corrected chi connectivity index (χ3v) is 7.60. The van der Waals surface area contributed by atoms with Gasteiger partial charge in [0.25, 0.3) is 10.0 Å². The first-order valence-corrected chi connectivity index (χ1v) is 12.6. The molecule has 0 aliphatic carbocycles. The molecule has 0 aromatic heterocycles. The Kier molecular flexibility index (Phi) is 6.60. The number of amidine groups is 1. The lowest BCUT2D eigenvalue weighted by molar-refractivity contribution is -0.130. The van der Waals surface area contributed by atoms with Gasteiger partial charge in [-0.3, -0.25) is 9.59 Å². The molecule has 2 fully saturated rings. The molecule has 4 rings (SSSR count). The van der Waals surface area contributed by atoms with E-state index in [-0.39, 0.29) is 22.6 Å². The van der Waals surface area contributed by atoms with Gasteiger partial charge in [-0.25, -0.2) is 0 Å². The number of carbonyl (C=O) groups excluding carboxylic acids is 2. The molecule has 0 bridgehead atoms. The molecule has 1 unspecified atom stereocenters. The first kappa shape index (κ1) is 21.8. The second kappa shape index (κ2) is 9.38. The Morgan fingerprint density at radius 3 is 2.84 bits per heavy atom. The van der Waals surface area contributed by atoms with E-state index in [4.69, 9.17) is 0 Å². The molecule has 1 aromatic carbocycles. The Labute approximate surface area is 183 Å². The van der Waals surface area contributed by atoms with Gasteiger partial charge in [-0.15, -0.1) is 4.40 Å². The third kappa shape index (κ3) is 4.92. The van der Waals surface area contributed by atoms with Crippen LogP contribution in [0.1, 0.15) is 50.5 Å². The highest BCUT2D eigenvalue weighted by molar-refractivity contribution is 7.90. The molecule has 3 aliphatic heterocycles. The number of hydrogen-bond acceptors (Lipinski definition) is 5. The van der Waals surface area contributed by atoms with Crippen molar-refractivity contribution in [3.63, 3.8) is 0 Å². The Balaban J connectivity index is 1.30. The summed E-state index contributed by atoms with van der Waals surface area (Å²) in [7, 11) is -3.66. The monoisotopic (exact) mass is 446 g/mol. The van der Waals surface area contributed by atoms with E-state index < -0.39 is 10.0 Å². The summed E-state index contributed by atoms with van der Waals surface area (Å²) >= 11 is 0. The van der Waals surface area contributed by atoms with E-state index in [0.717, 1.165) is 45.1 Å². The van der Waals surface area contributed by atoms with Gasteiger partial charge in [-0.1, -0.05) is 18.6 Å². The number of piperidine rings is 1. The average Bonchev–Trinajstić information content (AvgIpc) is 2.90. The normalized spacial score (nSPS) is 23.2. The maximum atomic E-state index is 12.7. The SMILES string of the molecule is O=C(NCCCN1CCCCCC1=O)C1CCCN(C2=NS(=O)(=O)c3ccccc32)C1. The van der Waals surface area contributed by atoms with Crippen LogP contribution in [-0.2, 0) is 19.6 Å². The van der Waals surface area contributed by atoms with Crippen LogP contribution in [0.5, 0.6) is 0 Å². The molecular formula is C22H30N4O4S. The summed E-state index contributed by atoms with van der Waals surface area (Å²) < 4.78 is 28.7. The molecule has 31 heavy (non-hydrogen) atoms. The molecule has 1 aromatic rings. The Morgan fingerprint density at radius 2 is 1.97 bits per heavy atom. The summed E-state index contributed by atoms with van der Waals surface area (Å²) in [6, 6.07) is 6.84. The van der Waals surface area contributed by atoms with Crippen molar-refractivity contribution >= 4 is 27.7 Å². The molecule has 0 saturated carbocycles. The Morgan fingerprint density at radius 1 is 1.13 bits per heavy atom. The van der Waals surface area contributed by atoms with Crippen LogP contribution < -0.4 is 5.32 Å². The first-order valence-electron chi connectivity index (χ1n) is 11.2. The van der Waals surface area contributed by atoms with Crippen molar-refractivity contribution in [3.05, 3.63) is 29.8 Å². The molecule has 0 spiro atoms. The fourth-order valence-electron chi connectivity index (χ4n) is 4.60. The molecule has 8 nitrogen and oxygen atoms in total. The van der Waals surface area contributed by atoms with E-state index in [1.165, 1.54) is 0 Å². The number of likely N-dealkylation sites (tertiary alicyclic amines) is 2. The number of amides is 2. The topological polar surface area (TPSA) is 99.2 Å². The van der Waals surface area contributed by atoms with Gasteiger partial charge < -0.3 is 15.1 Å². The summed E-state index contributed by atoms with van der Waals surface area (Å²) in [4.78, 5) is 28.9. The molecule has 9 heteroatoms. The lowest BCUT2D eigenvalue weighted by Gasteiger charge is -2.33. The highest BCUT2D eigenvalue weighted by Crippen LogP contribution is 2.29. The van der Waals surface area contributed by atoms with Gasteiger partial charge >= 0.3 is 0 Å². The van der Waals surface area contributed by atoms with E-state index in [2.05, 4.69) is 9.71 Å². The zero-order chi connectivity index (χ0) is 21.8. The van der Waals surface area contributed by atoms with Crippen molar-refractivity contribution < 1.29 is 18.0 Å². The fraction of sp³-hybridized carbons (Fsp3) is 0.591. The van der Waals surface area contributed by atoms with Gasteiger partial charge in [0.15, 0.2) is 5.84 Å². The molecule has 0 radical (unpaired) electrons. The van der Waals surface area contributed by atoms with Gasteiger partial charge in [0.1, 0.15) is 4.90 Å². The maximum Gasteiger partial charge on any atom is 0.285 e. The first-order chi connectivity index (χ1) is 15.0. The van der Waals surface area contributed by atoms with Gasteiger partial charge in [0.2, 0.25) is 11.8 Å². The number of benzene rings is 1. The molecule has 2 amide bonds. The Bertz CT molecular complexity index is 975. The lowest BCUT2D eigenvalue weighted by Crippen LogP contribution is -2.45. The van der Waals surface area contributed by atoms with Crippen molar-refractivity contribution in [1.29, 1.82) is 0 Å². The standard InChI is InChI=1S/C22H30N4O4S/c27-20-11-2-1-5-13-25(20)15-7-12-23-22(28)17-8-6-14-26(16-17)21-18-9-3-4-10-19(18)31(29,30)24-21/h3-4,9-10,17H,1-2,5-8,11-16H2,(H,23,28). The van der Waals surface area contributed by atoms with Gasteiger partial charge in [-0.05, 0) is 44.2 Å². The lowest BCUT2D eigenvalue weighted by atomic mass is 9.96. The summed E-state index contributed by atoms with van der Waals surface area (Å²) in [6.45, 7) is 3.18. The molecule has 1 atom stereocenters. The zero-order valence-corrected chi connectivity index (χ0v) is 18.6. The summed E-state index contributed by atoms with van der Waals surface area (Å²) in [5.41, 5.74) is 0.616. The minimum Gasteiger partial charge on any atom is -0.356 e. The van der Waals surface area contributed by atoms with Crippen molar-refractivity contribution in [2.45, 2.75) is 49.8 Å². The van der Waals surface area contributed by atoms with Crippen LogP contribution in [0.2, 0.25) is 0 Å². The summed E-state index contributed by atoms with van der Waals surface area (Å²) in [5.74, 6) is 0.459. The smallest absolute Gasteiger partial charge is 0.285 e. The third-order valence-electron chi connectivity index (χ3n) is 6.28. The summed E-state index contributed by atoms with van der Waals surface area (Å²) in [6.07, 6.45) is 6.09. The number of carbonyl (C=O) groups is 2. The molecule has 168 valence electrons. The van der Waals surface area contributed by atoms with Gasteiger partial charge in [-0.2, -0.15) is 8.42 Å². The van der Waals surface area contributed by atoms with Crippen LogP contribution in [0.4, 0.5) is 0 Å². The van der Waals surface area contributed by atoms with Crippen molar-refractivity contribution in [2.24, 2.45) is 10.3 Å². The average molecular weight is 447 g/mol. The molecular weight excluding hydrogens is 416 g/mol. The minimum atomic E-state index is -3.66. The van der Waals surface area contributed by atoms with Crippen LogP contribution in [0.25, 0.3) is 0 Å². The predicted molar refractivity (Wildman–Crippen MR) is 117 cm³/mol. The number of sulfonamides is 1. The Hall–Kier alpha value is -2.42. The number of nitrogens with zero attached hydrogens (tertiary/aromatic N) is 3. The van der Waals surface area contributed by atoms with Crippen LogP contribution in [0.15, 0.2) is 33.6 Å². The van der Waals surface area contributed by atoms with Crippen molar-refractivity contribution in [3.8, 4) is 0 Å². The highest BCUT2D eigenvalue weighted by Gasteiger charge is 2.35. The fourth-order valence-corrected chi connectivity index (χ4v) is 5.83. The van der Waals surface area contributed by atoms with E-state index in [9.17, 15) is 18.0 Å². The second-order valence-electron chi connectivity index (χ2n) is 8.51. The van der Waals surface area contributed by atoms with E-state index >= 15 is 0 Å². The molecule has 1 N–H and O–H groups in total. The number of fused-ring (bicyclic) bond motifs is 1. The van der Waals surface area contributed by atoms with Gasteiger partial charge in [0, 0.05) is 44.7 Å². The summed E-state index contributed by atoms with van der Waals surface area (Å²) in [5, 5.41) is 3.01. The minimum absolute atomic E-state index is 0.0124. The number of rotatable bonds is 5. The maximum absolute atomic E-state index is 12.7. The van der Waals surface area contributed by atoms with E-state index in [1.54, 1.807) is 24.3 Å². The number of hydrogen-bond donors (Lipinski definition) is 1. The molecule has 3 aliphatic rings. The second-order valence-corrected chi connectivity index (χ2v) is 10.1. The largest absolute Gasteiger partial charge is 0.356 e. The van der Waals surface area contributed by atoms with E-state index in [1.807, 2.05) is 9.80 Å². The number of nitrogens with one attached hydrogen (secondary N) is 1. The van der Waals surface area contributed by atoms with Crippen molar-refractivity contribution in [2.75, 3.05) is 32.7 Å². The van der Waals surface area contributed by atoms with Gasteiger partial charge in [0.05, 0.1) is 5.92 Å². The molecule has 3 heterocycles. The highest BCUT2D eigenvalue weighted by atomic mass is 32.2.